The molecule has 0 bridgehead atoms. The number of amidine groups is 1. The lowest BCUT2D eigenvalue weighted by atomic mass is 10.0. The lowest BCUT2D eigenvalue weighted by Crippen LogP contribution is -2.35. The van der Waals surface area contributed by atoms with Crippen LogP contribution in [0.25, 0.3) is 0 Å². The Balaban J connectivity index is 2.22. The van der Waals surface area contributed by atoms with Gasteiger partial charge in [-0.3, -0.25) is 4.90 Å². The van der Waals surface area contributed by atoms with Crippen molar-refractivity contribution in [2.45, 2.75) is 25.9 Å². The van der Waals surface area contributed by atoms with E-state index < -0.39 is 5.82 Å². The van der Waals surface area contributed by atoms with E-state index in [4.69, 9.17) is 10.9 Å². The largest absolute Gasteiger partial charge is 0.409 e. The Hall–Kier alpha value is -1.66. The Morgan fingerprint density at radius 1 is 1.55 bits per heavy atom. The Kier molecular flexibility index (Phi) is 4.57. The fraction of sp³-hybridized carbons (Fsp3) is 0.500. The number of halogens is 1. The number of nitrogens with zero attached hydrogens (tertiary/aromatic N) is 2. The molecule has 1 fully saturated rings. The van der Waals surface area contributed by atoms with Gasteiger partial charge in [0.05, 0.1) is 12.2 Å². The Morgan fingerprint density at radius 3 is 2.95 bits per heavy atom. The maximum atomic E-state index is 14.3. The first kappa shape index (κ1) is 14.7. The molecule has 2 unspecified atom stereocenters. The molecule has 2 rings (SSSR count). The van der Waals surface area contributed by atoms with Gasteiger partial charge >= 0.3 is 0 Å². The molecule has 0 radical (unpaired) electrons. The number of hydrogen-bond acceptors (Lipinski definition) is 4. The second-order valence-corrected chi connectivity index (χ2v) is 5.25. The van der Waals surface area contributed by atoms with Crippen molar-refractivity contribution >= 4 is 5.84 Å². The van der Waals surface area contributed by atoms with Gasteiger partial charge in [-0.25, -0.2) is 4.39 Å². The molecule has 1 heterocycles. The van der Waals surface area contributed by atoms with Crippen LogP contribution in [0.15, 0.2) is 23.4 Å². The predicted octanol–water partition coefficient (Wildman–Crippen LogP) is 1.12. The molecule has 2 atom stereocenters. The van der Waals surface area contributed by atoms with Crippen LogP contribution < -0.4 is 5.73 Å². The lowest BCUT2D eigenvalue weighted by Gasteiger charge is -2.25. The van der Waals surface area contributed by atoms with Crippen LogP contribution in [-0.2, 0) is 6.54 Å². The number of oxime groups is 1. The molecule has 6 heteroatoms. The van der Waals surface area contributed by atoms with E-state index in [0.717, 1.165) is 13.0 Å². The monoisotopic (exact) mass is 281 g/mol. The fourth-order valence-electron chi connectivity index (χ4n) is 2.75. The van der Waals surface area contributed by atoms with Gasteiger partial charge in [-0.1, -0.05) is 24.2 Å². The number of aliphatic hydroxyl groups excluding tert-OH is 1. The summed E-state index contributed by atoms with van der Waals surface area (Å²) in [6, 6.07) is 4.89. The zero-order valence-electron chi connectivity index (χ0n) is 11.5. The molecule has 1 aliphatic heterocycles. The summed E-state index contributed by atoms with van der Waals surface area (Å²) in [4.78, 5) is 2.07. The van der Waals surface area contributed by atoms with Gasteiger partial charge in [0, 0.05) is 18.2 Å². The summed E-state index contributed by atoms with van der Waals surface area (Å²) < 4.78 is 14.3. The minimum absolute atomic E-state index is 0.0573. The summed E-state index contributed by atoms with van der Waals surface area (Å²) in [7, 11) is 0. The summed E-state index contributed by atoms with van der Waals surface area (Å²) >= 11 is 0. The van der Waals surface area contributed by atoms with Crippen LogP contribution in [0.1, 0.15) is 24.5 Å². The van der Waals surface area contributed by atoms with Crippen molar-refractivity contribution in [3.8, 4) is 0 Å². The number of aliphatic hydroxyl groups is 1. The van der Waals surface area contributed by atoms with E-state index >= 15 is 0 Å². The maximum Gasteiger partial charge on any atom is 0.173 e. The number of benzene rings is 1. The van der Waals surface area contributed by atoms with Gasteiger partial charge in [0.1, 0.15) is 5.82 Å². The molecule has 4 N–H and O–H groups in total. The number of likely N-dealkylation sites (tertiary alicyclic amines) is 1. The third kappa shape index (κ3) is 2.76. The minimum atomic E-state index is -0.473. The van der Waals surface area contributed by atoms with Gasteiger partial charge in [-0.15, -0.1) is 0 Å². The number of hydrogen-bond donors (Lipinski definition) is 3. The van der Waals surface area contributed by atoms with Gasteiger partial charge < -0.3 is 16.0 Å². The SMILES string of the molecule is CC1CCN(Cc2cccc(/C(N)=N/O)c2F)C1CO. The van der Waals surface area contributed by atoms with E-state index in [1.807, 2.05) is 0 Å². The molecule has 0 spiro atoms. The maximum absolute atomic E-state index is 14.3. The Labute approximate surface area is 117 Å². The van der Waals surface area contributed by atoms with Gasteiger partial charge in [-0.2, -0.15) is 0 Å². The van der Waals surface area contributed by atoms with Gasteiger partial charge in [-0.05, 0) is 24.9 Å². The van der Waals surface area contributed by atoms with E-state index in [-0.39, 0.29) is 24.0 Å². The number of nitrogens with two attached hydrogens (primary N) is 1. The number of rotatable bonds is 4. The highest BCUT2D eigenvalue weighted by Crippen LogP contribution is 2.26. The zero-order valence-corrected chi connectivity index (χ0v) is 11.5. The van der Waals surface area contributed by atoms with E-state index in [1.54, 1.807) is 12.1 Å². The zero-order chi connectivity index (χ0) is 14.7. The van der Waals surface area contributed by atoms with Crippen molar-refractivity contribution in [2.24, 2.45) is 16.8 Å². The molecule has 0 saturated carbocycles. The highest BCUT2D eigenvalue weighted by atomic mass is 19.1. The first-order valence-corrected chi connectivity index (χ1v) is 6.68. The molecule has 1 aromatic rings. The van der Waals surface area contributed by atoms with E-state index in [0.29, 0.717) is 18.0 Å². The van der Waals surface area contributed by atoms with Crippen molar-refractivity contribution < 1.29 is 14.7 Å². The van der Waals surface area contributed by atoms with Crippen LogP contribution in [0.5, 0.6) is 0 Å². The van der Waals surface area contributed by atoms with Crippen LogP contribution in [-0.4, -0.2) is 40.2 Å². The van der Waals surface area contributed by atoms with E-state index in [1.165, 1.54) is 6.07 Å². The highest BCUT2D eigenvalue weighted by Gasteiger charge is 2.31. The molecule has 0 aromatic heterocycles. The van der Waals surface area contributed by atoms with E-state index in [2.05, 4.69) is 17.0 Å². The topological polar surface area (TPSA) is 82.1 Å². The van der Waals surface area contributed by atoms with Gasteiger partial charge in [0.2, 0.25) is 0 Å². The Morgan fingerprint density at radius 2 is 2.30 bits per heavy atom. The summed E-state index contributed by atoms with van der Waals surface area (Å²) in [5.74, 6) is -0.313. The second kappa shape index (κ2) is 6.19. The lowest BCUT2D eigenvalue weighted by molar-refractivity contribution is 0.133. The van der Waals surface area contributed by atoms with Gasteiger partial charge in [0.15, 0.2) is 5.84 Å². The van der Waals surface area contributed by atoms with Crippen molar-refractivity contribution in [1.29, 1.82) is 0 Å². The van der Waals surface area contributed by atoms with Crippen LogP contribution >= 0.6 is 0 Å². The Bertz CT molecular complexity index is 507. The summed E-state index contributed by atoms with van der Waals surface area (Å²) in [5, 5.41) is 20.9. The van der Waals surface area contributed by atoms with E-state index in [9.17, 15) is 9.50 Å². The van der Waals surface area contributed by atoms with Crippen LogP contribution in [0.3, 0.4) is 0 Å². The van der Waals surface area contributed by atoms with Crippen molar-refractivity contribution in [3.63, 3.8) is 0 Å². The molecule has 20 heavy (non-hydrogen) atoms. The van der Waals surface area contributed by atoms with Gasteiger partial charge in [0.25, 0.3) is 0 Å². The third-order valence-electron chi connectivity index (χ3n) is 4.02. The first-order valence-electron chi connectivity index (χ1n) is 6.68. The average Bonchev–Trinajstić information content (AvgIpc) is 2.80. The molecule has 0 amide bonds. The molecular weight excluding hydrogens is 261 g/mol. The van der Waals surface area contributed by atoms with Crippen LogP contribution in [0.4, 0.5) is 4.39 Å². The molecular formula is C14H20FN3O2. The quantitative estimate of drug-likeness (QED) is 0.334. The molecule has 1 aromatic carbocycles. The van der Waals surface area contributed by atoms with Crippen molar-refractivity contribution in [3.05, 3.63) is 35.1 Å². The minimum Gasteiger partial charge on any atom is -0.409 e. The summed E-state index contributed by atoms with van der Waals surface area (Å²) in [6.07, 6.45) is 0.993. The average molecular weight is 281 g/mol. The predicted molar refractivity (Wildman–Crippen MR) is 74.0 cm³/mol. The first-order chi connectivity index (χ1) is 9.58. The molecule has 1 aliphatic rings. The second-order valence-electron chi connectivity index (χ2n) is 5.25. The molecule has 110 valence electrons. The molecule has 5 nitrogen and oxygen atoms in total. The fourth-order valence-corrected chi connectivity index (χ4v) is 2.75. The summed E-state index contributed by atoms with van der Waals surface area (Å²) in [6.45, 7) is 3.40. The van der Waals surface area contributed by atoms with Crippen LogP contribution in [0, 0.1) is 11.7 Å². The molecule has 0 aliphatic carbocycles. The normalized spacial score (nSPS) is 24.2. The standard InChI is InChI=1S/C14H20FN3O2/c1-9-5-6-18(12(9)8-19)7-10-3-2-4-11(13(10)15)14(16)17-20/h2-4,9,12,19-20H,5-8H2,1H3,(H2,16,17). The third-order valence-corrected chi connectivity index (χ3v) is 4.02. The van der Waals surface area contributed by atoms with Crippen molar-refractivity contribution in [1.82, 2.24) is 4.90 Å². The van der Waals surface area contributed by atoms with Crippen LogP contribution in [0.2, 0.25) is 0 Å². The highest BCUT2D eigenvalue weighted by molar-refractivity contribution is 5.97. The summed E-state index contributed by atoms with van der Waals surface area (Å²) in [5.41, 5.74) is 6.04. The molecule has 1 saturated heterocycles. The smallest absolute Gasteiger partial charge is 0.173 e. The van der Waals surface area contributed by atoms with Crippen molar-refractivity contribution in [2.75, 3.05) is 13.2 Å².